The monoisotopic (exact) mass is 456 g/mol. The summed E-state index contributed by atoms with van der Waals surface area (Å²) in [6.45, 7) is 0.910. The number of nitrogens with zero attached hydrogens (tertiary/aromatic N) is 1. The summed E-state index contributed by atoms with van der Waals surface area (Å²) in [6, 6.07) is 6.12. The topological polar surface area (TPSA) is 54.5 Å². The molecule has 0 saturated heterocycles. The first-order valence-corrected chi connectivity index (χ1v) is 8.68. The van der Waals surface area contributed by atoms with E-state index in [9.17, 15) is 13.2 Å². The molecule has 1 radical (unpaired) electrons. The van der Waals surface area contributed by atoms with Crippen molar-refractivity contribution in [1.29, 1.82) is 0 Å². The molecule has 0 aromatic heterocycles. The van der Waals surface area contributed by atoms with E-state index in [-0.39, 0.29) is 43.9 Å². The van der Waals surface area contributed by atoms with Crippen LogP contribution in [0.4, 0.5) is 0 Å². The number of rotatable bonds is 8. The SMILES string of the molecule is [2H]C([2H])([2H])C(=C=CCN(C[C@]([CH2-])(C)C[C-]=O)S(=O)(=O)c1ccc(C)cc1)C([2H])([2H])[2H].[Rh+2]. The van der Waals surface area contributed by atoms with Gasteiger partial charge in [-0.2, -0.15) is 16.1 Å². The molecule has 25 heavy (non-hydrogen) atoms. The molecular weight excluding hydrogens is 425 g/mol. The van der Waals surface area contributed by atoms with Gasteiger partial charge in [-0.25, -0.2) is 8.42 Å². The van der Waals surface area contributed by atoms with E-state index in [2.05, 4.69) is 12.7 Å². The van der Waals surface area contributed by atoms with Crippen molar-refractivity contribution >= 4 is 16.3 Å². The second kappa shape index (κ2) is 10.2. The second-order valence-corrected chi connectivity index (χ2v) is 7.90. The van der Waals surface area contributed by atoms with Crippen LogP contribution in [0.5, 0.6) is 0 Å². The van der Waals surface area contributed by atoms with E-state index in [0.29, 0.717) is 0 Å². The Morgan fingerprint density at radius 3 is 2.52 bits per heavy atom. The van der Waals surface area contributed by atoms with Gasteiger partial charge >= 0.3 is 19.5 Å². The molecule has 0 heterocycles. The molecule has 139 valence electrons. The van der Waals surface area contributed by atoms with Crippen LogP contribution in [0.3, 0.4) is 0 Å². The van der Waals surface area contributed by atoms with E-state index in [1.54, 1.807) is 32.3 Å². The van der Waals surface area contributed by atoms with E-state index in [4.69, 9.17) is 8.22 Å². The van der Waals surface area contributed by atoms with Crippen LogP contribution in [0.2, 0.25) is 0 Å². The van der Waals surface area contributed by atoms with Gasteiger partial charge in [0.05, 0.1) is 4.90 Å². The van der Waals surface area contributed by atoms with Crippen LogP contribution >= 0.6 is 0 Å². The van der Waals surface area contributed by atoms with Crippen LogP contribution in [-0.4, -0.2) is 32.1 Å². The minimum Gasteiger partial charge on any atom is -0.542 e. The summed E-state index contributed by atoms with van der Waals surface area (Å²) < 4.78 is 71.5. The van der Waals surface area contributed by atoms with Crippen molar-refractivity contribution in [2.75, 3.05) is 13.1 Å². The summed E-state index contributed by atoms with van der Waals surface area (Å²) in [5.74, 6) is 0. The molecule has 1 aromatic rings. The molecule has 0 unspecified atom stereocenters. The number of benzene rings is 1. The normalized spacial score (nSPS) is 17.9. The molecule has 0 aliphatic rings. The third kappa shape index (κ3) is 7.79. The average molecular weight is 456 g/mol. The summed E-state index contributed by atoms with van der Waals surface area (Å²) in [6.07, 6.45) is 2.65. The van der Waals surface area contributed by atoms with Gasteiger partial charge in [-0.05, 0) is 51.0 Å². The molecule has 0 N–H and O–H groups in total. The van der Waals surface area contributed by atoms with Gasteiger partial charge in [-0.1, -0.05) is 24.6 Å². The number of carbonyl (C=O) groups excluding carboxylic acids is 1. The van der Waals surface area contributed by atoms with E-state index in [0.717, 1.165) is 15.9 Å². The van der Waals surface area contributed by atoms with Crippen molar-refractivity contribution in [3.05, 3.63) is 54.1 Å². The maximum Gasteiger partial charge on any atom is 2.00 e. The third-order valence-electron chi connectivity index (χ3n) is 3.26. The summed E-state index contributed by atoms with van der Waals surface area (Å²) in [5, 5.41) is 0. The molecule has 0 aliphatic carbocycles. The quantitative estimate of drug-likeness (QED) is 0.342. The van der Waals surface area contributed by atoms with Crippen LogP contribution < -0.4 is 0 Å². The molecule has 0 amide bonds. The molecule has 1 aromatic carbocycles. The Balaban J connectivity index is 0.00000900. The standard InChI is InChI=1S/C19H25NO3S.Rh/c1-16(2)7-6-13-20(15-19(4,5)12-14-21)24(22,23)18-10-8-17(3)9-11-18;/h6,8-11H,4,12-13,15H2,1-3,5H3;/q-2;+2/t19-;/m1./s1/i1D3,2D3;. The van der Waals surface area contributed by atoms with Gasteiger partial charge in [0.2, 0.25) is 10.0 Å². The van der Waals surface area contributed by atoms with Gasteiger partial charge < -0.3 is 11.7 Å². The third-order valence-corrected chi connectivity index (χ3v) is 5.08. The van der Waals surface area contributed by atoms with E-state index >= 15 is 0 Å². The fourth-order valence-electron chi connectivity index (χ4n) is 2.01. The Kier molecular flexibility index (Phi) is 6.13. The van der Waals surface area contributed by atoms with Crippen molar-refractivity contribution in [3.8, 4) is 0 Å². The Morgan fingerprint density at radius 2 is 2.00 bits per heavy atom. The van der Waals surface area contributed by atoms with Crippen LogP contribution in [0, 0.1) is 19.3 Å². The summed E-state index contributed by atoms with van der Waals surface area (Å²) in [4.78, 5) is 10.8. The van der Waals surface area contributed by atoms with Crippen LogP contribution in [0.25, 0.3) is 0 Å². The predicted molar refractivity (Wildman–Crippen MR) is 96.7 cm³/mol. The van der Waals surface area contributed by atoms with Crippen molar-refractivity contribution in [2.45, 2.75) is 38.9 Å². The van der Waals surface area contributed by atoms with E-state index in [1.165, 1.54) is 12.1 Å². The Morgan fingerprint density at radius 1 is 1.40 bits per heavy atom. The summed E-state index contributed by atoms with van der Waals surface area (Å²) in [7, 11) is -4.04. The maximum atomic E-state index is 13.1. The average Bonchev–Trinajstić information content (AvgIpc) is 2.55. The first-order chi connectivity index (χ1) is 13.5. The Labute approximate surface area is 173 Å². The zero-order valence-corrected chi connectivity index (χ0v) is 16.6. The van der Waals surface area contributed by atoms with Gasteiger partial charge in [-0.3, -0.25) is 6.29 Å². The summed E-state index contributed by atoms with van der Waals surface area (Å²) >= 11 is 0. The zero-order valence-electron chi connectivity index (χ0n) is 20.1. The molecule has 1 rings (SSSR count). The van der Waals surface area contributed by atoms with E-state index < -0.39 is 34.7 Å². The molecule has 4 nitrogen and oxygen atoms in total. The second-order valence-electron chi connectivity index (χ2n) is 5.97. The number of hydrogen-bond acceptors (Lipinski definition) is 3. The zero-order chi connectivity index (χ0) is 23.4. The molecule has 0 bridgehead atoms. The minimum atomic E-state index is -4.04. The van der Waals surface area contributed by atoms with Gasteiger partial charge in [-0.15, -0.1) is 5.73 Å². The summed E-state index contributed by atoms with van der Waals surface area (Å²) in [5.41, 5.74) is 1.23. The Bertz CT molecular complexity index is 899. The first-order valence-electron chi connectivity index (χ1n) is 10.2. The predicted octanol–water partition coefficient (Wildman–Crippen LogP) is 3.44. The van der Waals surface area contributed by atoms with Crippen LogP contribution in [-0.2, 0) is 34.3 Å². The minimum absolute atomic E-state index is 0. The molecule has 0 saturated carbocycles. The largest absolute Gasteiger partial charge is 2.00 e. The van der Waals surface area contributed by atoms with Crippen LogP contribution in [0.1, 0.15) is 40.8 Å². The van der Waals surface area contributed by atoms with Gasteiger partial charge in [0, 0.05) is 14.8 Å². The van der Waals surface area contributed by atoms with E-state index in [1.807, 2.05) is 0 Å². The number of aryl methyl sites for hydroxylation is 1. The molecule has 0 aliphatic heterocycles. The molecule has 0 spiro atoms. The van der Waals surface area contributed by atoms with Crippen LogP contribution in [0.15, 0.2) is 46.5 Å². The van der Waals surface area contributed by atoms with Crippen molar-refractivity contribution in [2.24, 2.45) is 5.41 Å². The molecule has 6 heteroatoms. The Hall–Kier alpha value is -1.06. The molecular formula is C19H25NO3RhS. The maximum absolute atomic E-state index is 13.1. The van der Waals surface area contributed by atoms with Crippen molar-refractivity contribution < 1.29 is 40.9 Å². The van der Waals surface area contributed by atoms with Gasteiger partial charge in [0.25, 0.3) is 0 Å². The molecule has 0 fully saturated rings. The van der Waals surface area contributed by atoms with Crippen molar-refractivity contribution in [1.82, 2.24) is 4.31 Å². The molecule has 1 atom stereocenters. The van der Waals surface area contributed by atoms with Crippen molar-refractivity contribution in [3.63, 3.8) is 0 Å². The number of sulfonamides is 1. The first kappa shape index (κ1) is 15.0. The fourth-order valence-corrected chi connectivity index (χ4v) is 3.54. The smallest absolute Gasteiger partial charge is 0.542 e. The van der Waals surface area contributed by atoms with Gasteiger partial charge in [0.1, 0.15) is 0 Å². The number of hydrogen-bond donors (Lipinski definition) is 0. The fraction of sp³-hybridized carbons (Fsp3) is 0.421. The van der Waals surface area contributed by atoms with Gasteiger partial charge in [0.15, 0.2) is 0 Å².